The third-order valence-electron chi connectivity index (χ3n) is 6.34. The molecule has 3 unspecified atom stereocenters. The summed E-state index contributed by atoms with van der Waals surface area (Å²) in [5, 5.41) is 0. The molecule has 1 aromatic carbocycles. The molecule has 0 bridgehead atoms. The van der Waals surface area contributed by atoms with Crippen LogP contribution in [0.15, 0.2) is 36.5 Å². The van der Waals surface area contributed by atoms with Crippen molar-refractivity contribution in [3.63, 3.8) is 0 Å². The van der Waals surface area contributed by atoms with E-state index in [1.165, 1.54) is 41.6 Å². The molecule has 2 heterocycles. The van der Waals surface area contributed by atoms with Crippen molar-refractivity contribution >= 4 is 0 Å². The Morgan fingerprint density at radius 2 is 1.96 bits per heavy atom. The van der Waals surface area contributed by atoms with Crippen LogP contribution in [0.2, 0.25) is 0 Å². The summed E-state index contributed by atoms with van der Waals surface area (Å²) in [5.41, 5.74) is 5.61. The van der Waals surface area contributed by atoms with Gasteiger partial charge in [-0.15, -0.1) is 0 Å². The first-order chi connectivity index (χ1) is 12.6. The molecule has 1 aliphatic heterocycles. The SMILES string of the molecule is CC(C)c1cnc2c(c1)C(CC(C)C1CCc3ccccc3O1)CCC2. The number of fused-ring (bicyclic) bond motifs is 2. The van der Waals surface area contributed by atoms with Crippen molar-refractivity contribution in [2.45, 2.75) is 77.2 Å². The van der Waals surface area contributed by atoms with Crippen molar-refractivity contribution < 1.29 is 4.74 Å². The Morgan fingerprint density at radius 1 is 1.12 bits per heavy atom. The van der Waals surface area contributed by atoms with E-state index in [2.05, 4.69) is 57.3 Å². The summed E-state index contributed by atoms with van der Waals surface area (Å²) < 4.78 is 6.37. The van der Waals surface area contributed by atoms with Crippen molar-refractivity contribution in [2.75, 3.05) is 0 Å². The minimum Gasteiger partial charge on any atom is -0.490 e. The van der Waals surface area contributed by atoms with Gasteiger partial charge in [0.05, 0.1) is 0 Å². The maximum atomic E-state index is 6.37. The molecule has 138 valence electrons. The summed E-state index contributed by atoms with van der Waals surface area (Å²) in [4.78, 5) is 4.81. The first-order valence-corrected chi connectivity index (χ1v) is 10.3. The number of benzene rings is 1. The summed E-state index contributed by atoms with van der Waals surface area (Å²) >= 11 is 0. The smallest absolute Gasteiger partial charge is 0.122 e. The molecular weight excluding hydrogens is 318 g/mol. The molecule has 2 aromatic rings. The van der Waals surface area contributed by atoms with Crippen LogP contribution < -0.4 is 4.74 Å². The summed E-state index contributed by atoms with van der Waals surface area (Å²) in [6, 6.07) is 11.0. The van der Waals surface area contributed by atoms with E-state index in [1.807, 2.05) is 0 Å². The summed E-state index contributed by atoms with van der Waals surface area (Å²) in [6.07, 6.45) is 9.65. The quantitative estimate of drug-likeness (QED) is 0.671. The van der Waals surface area contributed by atoms with Crippen LogP contribution in [-0.2, 0) is 12.8 Å². The van der Waals surface area contributed by atoms with Gasteiger partial charge in [-0.25, -0.2) is 0 Å². The fourth-order valence-electron chi connectivity index (χ4n) is 4.67. The van der Waals surface area contributed by atoms with Gasteiger partial charge in [0.1, 0.15) is 11.9 Å². The second-order valence-corrected chi connectivity index (χ2v) is 8.56. The lowest BCUT2D eigenvalue weighted by Gasteiger charge is -2.34. The number of hydrogen-bond acceptors (Lipinski definition) is 2. The zero-order valence-corrected chi connectivity index (χ0v) is 16.4. The predicted molar refractivity (Wildman–Crippen MR) is 107 cm³/mol. The third-order valence-corrected chi connectivity index (χ3v) is 6.34. The van der Waals surface area contributed by atoms with Gasteiger partial charge in [0.25, 0.3) is 0 Å². The molecule has 0 saturated carbocycles. The highest BCUT2D eigenvalue weighted by Crippen LogP contribution is 2.39. The highest BCUT2D eigenvalue weighted by Gasteiger charge is 2.29. The molecule has 2 heteroatoms. The van der Waals surface area contributed by atoms with Gasteiger partial charge in [-0.1, -0.05) is 45.0 Å². The van der Waals surface area contributed by atoms with Crippen LogP contribution in [0.3, 0.4) is 0 Å². The average Bonchev–Trinajstić information content (AvgIpc) is 2.67. The Labute approximate surface area is 158 Å². The molecule has 2 nitrogen and oxygen atoms in total. The van der Waals surface area contributed by atoms with Crippen LogP contribution in [-0.4, -0.2) is 11.1 Å². The number of ether oxygens (including phenoxy) is 1. The number of hydrogen-bond donors (Lipinski definition) is 0. The maximum Gasteiger partial charge on any atom is 0.122 e. The van der Waals surface area contributed by atoms with E-state index in [1.54, 1.807) is 0 Å². The Kier molecular flexibility index (Phi) is 5.02. The van der Waals surface area contributed by atoms with Gasteiger partial charge >= 0.3 is 0 Å². The van der Waals surface area contributed by atoms with Crippen molar-refractivity contribution in [1.82, 2.24) is 4.98 Å². The zero-order chi connectivity index (χ0) is 18.1. The molecule has 0 spiro atoms. The van der Waals surface area contributed by atoms with Gasteiger partial charge in [-0.3, -0.25) is 4.98 Å². The molecule has 2 aliphatic rings. The second kappa shape index (κ2) is 7.42. The minimum atomic E-state index is 0.344. The van der Waals surface area contributed by atoms with E-state index in [4.69, 9.17) is 9.72 Å². The lowest BCUT2D eigenvalue weighted by Crippen LogP contribution is -2.31. The predicted octanol–water partition coefficient (Wildman–Crippen LogP) is 6.04. The molecule has 4 rings (SSSR count). The van der Waals surface area contributed by atoms with Crippen molar-refractivity contribution in [3.05, 3.63) is 58.9 Å². The van der Waals surface area contributed by atoms with E-state index in [0.717, 1.165) is 25.0 Å². The number of aromatic nitrogens is 1. The number of para-hydroxylation sites is 1. The summed E-state index contributed by atoms with van der Waals surface area (Å²) in [6.45, 7) is 6.90. The molecule has 3 atom stereocenters. The van der Waals surface area contributed by atoms with E-state index in [-0.39, 0.29) is 0 Å². The lowest BCUT2D eigenvalue weighted by atomic mass is 9.77. The first kappa shape index (κ1) is 17.6. The molecule has 1 aliphatic carbocycles. The van der Waals surface area contributed by atoms with E-state index in [9.17, 15) is 0 Å². The molecule has 0 amide bonds. The lowest BCUT2D eigenvalue weighted by molar-refractivity contribution is 0.108. The molecule has 1 aromatic heterocycles. The molecule has 0 fully saturated rings. The van der Waals surface area contributed by atoms with Gasteiger partial charge in [-0.2, -0.15) is 0 Å². The topological polar surface area (TPSA) is 22.1 Å². The largest absolute Gasteiger partial charge is 0.490 e. The van der Waals surface area contributed by atoms with Crippen molar-refractivity contribution in [1.29, 1.82) is 0 Å². The standard InChI is InChI=1S/C24H31NO/c1-16(2)20-14-21-19(8-6-9-22(21)25-15-20)13-17(3)23-12-11-18-7-4-5-10-24(18)26-23/h4-5,7,10,14-17,19,23H,6,8-9,11-13H2,1-3H3. The van der Waals surface area contributed by atoms with Gasteiger partial charge < -0.3 is 4.74 Å². The van der Waals surface area contributed by atoms with Crippen LogP contribution in [0.5, 0.6) is 5.75 Å². The Balaban J connectivity index is 1.49. The maximum absolute atomic E-state index is 6.37. The zero-order valence-electron chi connectivity index (χ0n) is 16.4. The van der Waals surface area contributed by atoms with Crippen molar-refractivity contribution in [3.8, 4) is 5.75 Å². The van der Waals surface area contributed by atoms with Crippen molar-refractivity contribution in [2.24, 2.45) is 5.92 Å². The molecule has 0 radical (unpaired) electrons. The fraction of sp³-hybridized carbons (Fsp3) is 0.542. The number of rotatable bonds is 4. The molecule has 26 heavy (non-hydrogen) atoms. The van der Waals surface area contributed by atoms with Gasteiger partial charge in [0, 0.05) is 11.9 Å². The highest BCUT2D eigenvalue weighted by molar-refractivity contribution is 5.35. The summed E-state index contributed by atoms with van der Waals surface area (Å²) in [7, 11) is 0. The van der Waals surface area contributed by atoms with Crippen LogP contribution in [0, 0.1) is 5.92 Å². The molecular formula is C24H31NO. The number of aryl methyl sites for hydroxylation is 2. The number of nitrogens with zero attached hydrogens (tertiary/aromatic N) is 1. The fourth-order valence-corrected chi connectivity index (χ4v) is 4.67. The number of pyridine rings is 1. The minimum absolute atomic E-state index is 0.344. The van der Waals surface area contributed by atoms with Crippen LogP contribution >= 0.6 is 0 Å². The third kappa shape index (κ3) is 3.51. The van der Waals surface area contributed by atoms with Gasteiger partial charge in [0.15, 0.2) is 0 Å². The normalized spacial score (nSPS) is 23.1. The van der Waals surface area contributed by atoms with Crippen LogP contribution in [0.4, 0.5) is 0 Å². The first-order valence-electron chi connectivity index (χ1n) is 10.3. The highest BCUT2D eigenvalue weighted by atomic mass is 16.5. The molecule has 0 saturated heterocycles. The monoisotopic (exact) mass is 349 g/mol. The van der Waals surface area contributed by atoms with E-state index in [0.29, 0.717) is 23.9 Å². The average molecular weight is 350 g/mol. The summed E-state index contributed by atoms with van der Waals surface area (Å²) in [5.74, 6) is 2.86. The Hall–Kier alpha value is -1.83. The van der Waals surface area contributed by atoms with E-state index < -0.39 is 0 Å². The Morgan fingerprint density at radius 3 is 2.81 bits per heavy atom. The van der Waals surface area contributed by atoms with E-state index >= 15 is 0 Å². The second-order valence-electron chi connectivity index (χ2n) is 8.56. The van der Waals surface area contributed by atoms with Gasteiger partial charge in [0.2, 0.25) is 0 Å². The molecule has 0 N–H and O–H groups in total. The Bertz CT molecular complexity index is 767. The van der Waals surface area contributed by atoms with Gasteiger partial charge in [-0.05, 0) is 79.0 Å². The van der Waals surface area contributed by atoms with Crippen LogP contribution in [0.25, 0.3) is 0 Å². The van der Waals surface area contributed by atoms with Crippen LogP contribution in [0.1, 0.15) is 80.7 Å².